The van der Waals surface area contributed by atoms with E-state index >= 15 is 0 Å². The molecule has 3 heterocycles. The molecule has 2 heteroatoms. The molecule has 0 saturated carbocycles. The third-order valence-electron chi connectivity index (χ3n) is 4.29. The van der Waals surface area contributed by atoms with Gasteiger partial charge in [0.2, 0.25) is 0 Å². The van der Waals surface area contributed by atoms with E-state index in [0.717, 1.165) is 6.04 Å². The summed E-state index contributed by atoms with van der Waals surface area (Å²) in [7, 11) is 0. The van der Waals surface area contributed by atoms with Crippen molar-refractivity contribution in [2.45, 2.75) is 31.7 Å². The summed E-state index contributed by atoms with van der Waals surface area (Å²) < 4.78 is 1.49. The van der Waals surface area contributed by atoms with Gasteiger partial charge < -0.3 is 0 Å². The largest absolute Gasteiger partial charge is 0.295 e. The first kappa shape index (κ1) is 10.1. The SMILES string of the molecule is c1ccc2c3c(sc2c1)C1CCCCN1CC3. The Bertz CT molecular complexity index is 557. The van der Waals surface area contributed by atoms with Gasteiger partial charge in [-0.15, -0.1) is 11.3 Å². The van der Waals surface area contributed by atoms with E-state index < -0.39 is 0 Å². The highest BCUT2D eigenvalue weighted by Crippen LogP contribution is 2.44. The van der Waals surface area contributed by atoms with Crippen molar-refractivity contribution in [3.05, 3.63) is 34.7 Å². The topological polar surface area (TPSA) is 3.24 Å². The molecular weight excluding hydrogens is 226 g/mol. The number of benzene rings is 1. The van der Waals surface area contributed by atoms with Gasteiger partial charge >= 0.3 is 0 Å². The van der Waals surface area contributed by atoms with Gasteiger partial charge in [0.15, 0.2) is 0 Å². The van der Waals surface area contributed by atoms with Crippen molar-refractivity contribution in [3.63, 3.8) is 0 Å². The second kappa shape index (κ2) is 3.82. The summed E-state index contributed by atoms with van der Waals surface area (Å²) in [5.74, 6) is 0. The van der Waals surface area contributed by atoms with Gasteiger partial charge in [-0.1, -0.05) is 24.6 Å². The smallest absolute Gasteiger partial charge is 0.0444 e. The number of thiophene rings is 1. The lowest BCUT2D eigenvalue weighted by molar-refractivity contribution is 0.142. The van der Waals surface area contributed by atoms with Crippen LogP contribution >= 0.6 is 11.3 Å². The molecule has 0 N–H and O–H groups in total. The molecule has 1 aromatic heterocycles. The fourth-order valence-corrected chi connectivity index (χ4v) is 4.88. The third kappa shape index (κ3) is 1.47. The molecule has 1 unspecified atom stereocenters. The summed E-state index contributed by atoms with van der Waals surface area (Å²) >= 11 is 2.04. The third-order valence-corrected chi connectivity index (χ3v) is 5.61. The molecule has 0 bridgehead atoms. The molecule has 1 aromatic carbocycles. The van der Waals surface area contributed by atoms with Crippen LogP contribution in [-0.4, -0.2) is 18.0 Å². The second-order valence-electron chi connectivity index (χ2n) is 5.24. The molecule has 2 aliphatic heterocycles. The zero-order valence-corrected chi connectivity index (χ0v) is 10.8. The molecule has 4 rings (SSSR count). The molecule has 1 fully saturated rings. The van der Waals surface area contributed by atoms with Crippen LogP contribution in [0.15, 0.2) is 24.3 Å². The number of piperidine rings is 1. The van der Waals surface area contributed by atoms with E-state index in [9.17, 15) is 0 Å². The van der Waals surface area contributed by atoms with Crippen LogP contribution in [0.1, 0.15) is 35.7 Å². The van der Waals surface area contributed by atoms with Crippen molar-refractivity contribution in [2.24, 2.45) is 0 Å². The van der Waals surface area contributed by atoms with Crippen LogP contribution in [-0.2, 0) is 6.42 Å². The maximum absolute atomic E-state index is 2.71. The standard InChI is InChI=1S/C15H17NS/c1-2-7-14-11(5-1)12-8-10-16-9-4-3-6-13(16)15(12)17-14/h1-2,5,7,13H,3-4,6,8-10H2. The number of nitrogens with zero attached hydrogens (tertiary/aromatic N) is 1. The van der Waals surface area contributed by atoms with Gasteiger partial charge in [0, 0.05) is 22.2 Å². The van der Waals surface area contributed by atoms with Crippen LogP contribution in [0.2, 0.25) is 0 Å². The lowest BCUT2D eigenvalue weighted by atomic mass is 9.92. The van der Waals surface area contributed by atoms with Gasteiger partial charge in [-0.25, -0.2) is 0 Å². The summed E-state index contributed by atoms with van der Waals surface area (Å²) in [5.41, 5.74) is 1.66. The Morgan fingerprint density at radius 3 is 3.06 bits per heavy atom. The first-order valence-electron chi connectivity index (χ1n) is 6.68. The first-order valence-corrected chi connectivity index (χ1v) is 7.49. The lowest BCUT2D eigenvalue weighted by Crippen LogP contribution is -2.37. The highest BCUT2D eigenvalue weighted by Gasteiger charge is 2.31. The fourth-order valence-electron chi connectivity index (χ4n) is 3.46. The van der Waals surface area contributed by atoms with Crippen LogP contribution in [0.4, 0.5) is 0 Å². The van der Waals surface area contributed by atoms with Gasteiger partial charge in [0.05, 0.1) is 0 Å². The number of hydrogen-bond donors (Lipinski definition) is 0. The molecule has 1 atom stereocenters. The van der Waals surface area contributed by atoms with Crippen LogP contribution in [0, 0.1) is 0 Å². The predicted molar refractivity (Wildman–Crippen MR) is 73.7 cm³/mol. The van der Waals surface area contributed by atoms with Crippen LogP contribution < -0.4 is 0 Å². The average Bonchev–Trinajstić information content (AvgIpc) is 2.78. The van der Waals surface area contributed by atoms with Gasteiger partial charge in [0.25, 0.3) is 0 Å². The Labute approximate surface area is 106 Å². The summed E-state index contributed by atoms with van der Waals surface area (Å²) in [5, 5.41) is 1.53. The molecule has 17 heavy (non-hydrogen) atoms. The minimum Gasteiger partial charge on any atom is -0.295 e. The van der Waals surface area contributed by atoms with Crippen molar-refractivity contribution in [3.8, 4) is 0 Å². The molecule has 88 valence electrons. The fraction of sp³-hybridized carbons (Fsp3) is 0.467. The predicted octanol–water partition coefficient (Wildman–Crippen LogP) is 3.98. The van der Waals surface area contributed by atoms with Crippen molar-refractivity contribution in [2.75, 3.05) is 13.1 Å². The maximum atomic E-state index is 2.71. The van der Waals surface area contributed by atoms with Gasteiger partial charge in [0.1, 0.15) is 0 Å². The molecule has 1 nitrogen and oxygen atoms in total. The van der Waals surface area contributed by atoms with E-state index in [1.54, 1.807) is 10.4 Å². The van der Waals surface area contributed by atoms with Crippen molar-refractivity contribution in [1.82, 2.24) is 4.90 Å². The Morgan fingerprint density at radius 2 is 2.06 bits per heavy atom. The average molecular weight is 243 g/mol. The van der Waals surface area contributed by atoms with E-state index in [2.05, 4.69) is 29.2 Å². The van der Waals surface area contributed by atoms with Gasteiger partial charge in [-0.3, -0.25) is 4.90 Å². The number of fused-ring (bicyclic) bond motifs is 5. The van der Waals surface area contributed by atoms with Crippen LogP contribution in [0.3, 0.4) is 0 Å². The molecule has 0 radical (unpaired) electrons. The van der Waals surface area contributed by atoms with Gasteiger partial charge in [-0.05, 0) is 42.8 Å². The van der Waals surface area contributed by atoms with Crippen molar-refractivity contribution >= 4 is 21.4 Å². The monoisotopic (exact) mass is 243 g/mol. The second-order valence-corrected chi connectivity index (χ2v) is 6.32. The number of rotatable bonds is 0. The molecule has 1 saturated heterocycles. The first-order chi connectivity index (χ1) is 8.43. The van der Waals surface area contributed by atoms with Crippen LogP contribution in [0.25, 0.3) is 10.1 Å². The zero-order chi connectivity index (χ0) is 11.2. The van der Waals surface area contributed by atoms with E-state index in [1.807, 2.05) is 11.3 Å². The Morgan fingerprint density at radius 1 is 1.12 bits per heavy atom. The molecular formula is C15H17NS. The summed E-state index contributed by atoms with van der Waals surface area (Å²) in [6.07, 6.45) is 5.45. The highest BCUT2D eigenvalue weighted by atomic mass is 32.1. The minimum absolute atomic E-state index is 0.741. The lowest BCUT2D eigenvalue weighted by Gasteiger charge is -2.39. The van der Waals surface area contributed by atoms with Crippen molar-refractivity contribution in [1.29, 1.82) is 0 Å². The molecule has 0 amide bonds. The van der Waals surface area contributed by atoms with E-state index in [1.165, 1.54) is 48.9 Å². The Hall–Kier alpha value is -0.860. The van der Waals surface area contributed by atoms with E-state index in [0.29, 0.717) is 0 Å². The van der Waals surface area contributed by atoms with Crippen LogP contribution in [0.5, 0.6) is 0 Å². The minimum atomic E-state index is 0.741. The van der Waals surface area contributed by atoms with E-state index in [4.69, 9.17) is 0 Å². The molecule has 2 aliphatic rings. The quantitative estimate of drug-likeness (QED) is 0.676. The molecule has 2 aromatic rings. The molecule has 0 spiro atoms. The highest BCUT2D eigenvalue weighted by molar-refractivity contribution is 7.19. The van der Waals surface area contributed by atoms with Crippen molar-refractivity contribution < 1.29 is 0 Å². The Balaban J connectivity index is 1.89. The molecule has 0 aliphatic carbocycles. The van der Waals surface area contributed by atoms with Gasteiger partial charge in [-0.2, -0.15) is 0 Å². The van der Waals surface area contributed by atoms with E-state index in [-0.39, 0.29) is 0 Å². The summed E-state index contributed by atoms with van der Waals surface area (Å²) in [6.45, 7) is 2.59. The zero-order valence-electron chi connectivity index (χ0n) is 9.98. The summed E-state index contributed by atoms with van der Waals surface area (Å²) in [4.78, 5) is 4.39. The number of hydrogen-bond acceptors (Lipinski definition) is 2. The maximum Gasteiger partial charge on any atom is 0.0444 e. The normalized spacial score (nSPS) is 24.6. The summed E-state index contributed by atoms with van der Waals surface area (Å²) in [6, 6.07) is 9.69. The Kier molecular flexibility index (Phi) is 2.27.